The lowest BCUT2D eigenvalue weighted by Gasteiger charge is -2.03. The molecule has 4 heteroatoms. The third-order valence-electron chi connectivity index (χ3n) is 1.58. The van der Waals surface area contributed by atoms with Crippen molar-refractivity contribution in [3.05, 3.63) is 29.8 Å². The standard InChI is InChI=1S/C9H15N3S/c1-10-7-8-3-5-9(6-4-8)13-12-11-2/h3-6,10-12H,7H2,1-2H3. The van der Waals surface area contributed by atoms with Crippen molar-refractivity contribution in [2.45, 2.75) is 11.4 Å². The van der Waals surface area contributed by atoms with Gasteiger partial charge in [-0.3, -0.25) is 5.43 Å². The Hall–Kier alpha value is -0.550. The fraction of sp³-hybridized carbons (Fsp3) is 0.333. The van der Waals surface area contributed by atoms with Crippen molar-refractivity contribution in [1.82, 2.24) is 15.6 Å². The zero-order chi connectivity index (χ0) is 9.52. The molecule has 72 valence electrons. The van der Waals surface area contributed by atoms with E-state index in [0.29, 0.717) is 0 Å². The van der Waals surface area contributed by atoms with Crippen LogP contribution in [0.3, 0.4) is 0 Å². The molecule has 0 saturated heterocycles. The van der Waals surface area contributed by atoms with Crippen molar-refractivity contribution in [2.75, 3.05) is 14.1 Å². The van der Waals surface area contributed by atoms with Crippen LogP contribution in [0.5, 0.6) is 0 Å². The highest BCUT2D eigenvalue weighted by Gasteiger charge is 1.93. The van der Waals surface area contributed by atoms with E-state index in [4.69, 9.17) is 0 Å². The van der Waals surface area contributed by atoms with Crippen LogP contribution in [0.15, 0.2) is 29.2 Å². The number of hydrazine groups is 1. The highest BCUT2D eigenvalue weighted by molar-refractivity contribution is 7.97. The second-order valence-electron chi connectivity index (χ2n) is 2.63. The van der Waals surface area contributed by atoms with Crippen molar-refractivity contribution in [3.8, 4) is 0 Å². The van der Waals surface area contributed by atoms with Gasteiger partial charge < -0.3 is 5.32 Å². The molecule has 0 bridgehead atoms. The van der Waals surface area contributed by atoms with E-state index < -0.39 is 0 Å². The SMILES string of the molecule is CNCc1ccc(SNNC)cc1. The first kappa shape index (κ1) is 10.5. The lowest BCUT2D eigenvalue weighted by Crippen LogP contribution is -2.19. The summed E-state index contributed by atoms with van der Waals surface area (Å²) in [5.41, 5.74) is 4.16. The van der Waals surface area contributed by atoms with Crippen molar-refractivity contribution in [2.24, 2.45) is 0 Å². The van der Waals surface area contributed by atoms with Crippen LogP contribution in [0.1, 0.15) is 5.56 Å². The molecule has 3 nitrogen and oxygen atoms in total. The molecule has 1 aromatic rings. The van der Waals surface area contributed by atoms with E-state index in [1.807, 2.05) is 14.1 Å². The molecule has 0 atom stereocenters. The Kier molecular flexibility index (Phi) is 4.85. The minimum Gasteiger partial charge on any atom is -0.316 e. The molecule has 0 fully saturated rings. The van der Waals surface area contributed by atoms with Crippen LogP contribution in [-0.4, -0.2) is 14.1 Å². The summed E-state index contributed by atoms with van der Waals surface area (Å²) in [5, 5.41) is 3.11. The third-order valence-corrected chi connectivity index (χ3v) is 2.39. The summed E-state index contributed by atoms with van der Waals surface area (Å²) < 4.78 is 0. The smallest absolute Gasteiger partial charge is 0.0240 e. The summed E-state index contributed by atoms with van der Waals surface area (Å²) in [5.74, 6) is 0. The predicted molar refractivity (Wildman–Crippen MR) is 57.3 cm³/mol. The van der Waals surface area contributed by atoms with Gasteiger partial charge in [0, 0.05) is 11.4 Å². The Morgan fingerprint density at radius 3 is 2.38 bits per heavy atom. The van der Waals surface area contributed by atoms with Gasteiger partial charge in [-0.1, -0.05) is 12.1 Å². The summed E-state index contributed by atoms with van der Waals surface area (Å²) in [7, 11) is 3.80. The second kappa shape index (κ2) is 5.99. The molecular formula is C9H15N3S. The van der Waals surface area contributed by atoms with E-state index in [1.54, 1.807) is 11.9 Å². The van der Waals surface area contributed by atoms with Crippen LogP contribution in [0.4, 0.5) is 0 Å². The maximum Gasteiger partial charge on any atom is 0.0240 e. The van der Waals surface area contributed by atoms with Crippen molar-refractivity contribution < 1.29 is 0 Å². The largest absolute Gasteiger partial charge is 0.316 e. The predicted octanol–water partition coefficient (Wildman–Crippen LogP) is 1.14. The van der Waals surface area contributed by atoms with E-state index in [-0.39, 0.29) is 0 Å². The lowest BCUT2D eigenvalue weighted by molar-refractivity contribution is 0.813. The normalized spacial score (nSPS) is 10.3. The Bertz CT molecular complexity index is 235. The van der Waals surface area contributed by atoms with Gasteiger partial charge in [0.25, 0.3) is 0 Å². The van der Waals surface area contributed by atoms with Gasteiger partial charge in [-0.15, -0.1) is 0 Å². The van der Waals surface area contributed by atoms with Crippen LogP contribution in [0.2, 0.25) is 0 Å². The van der Waals surface area contributed by atoms with Gasteiger partial charge in [-0.25, -0.2) is 0 Å². The Morgan fingerprint density at radius 2 is 1.85 bits per heavy atom. The molecule has 0 saturated carbocycles. The number of nitrogens with one attached hydrogen (secondary N) is 3. The fourth-order valence-corrected chi connectivity index (χ4v) is 1.48. The lowest BCUT2D eigenvalue weighted by atomic mass is 10.2. The minimum atomic E-state index is 0.921. The number of hydrogen-bond acceptors (Lipinski definition) is 4. The fourth-order valence-electron chi connectivity index (χ4n) is 0.989. The Labute approximate surface area is 83.4 Å². The highest BCUT2D eigenvalue weighted by Crippen LogP contribution is 2.14. The van der Waals surface area contributed by atoms with E-state index >= 15 is 0 Å². The van der Waals surface area contributed by atoms with Crippen LogP contribution >= 0.6 is 11.9 Å². The highest BCUT2D eigenvalue weighted by atomic mass is 32.2. The van der Waals surface area contributed by atoms with Crippen molar-refractivity contribution >= 4 is 11.9 Å². The summed E-state index contributed by atoms with van der Waals surface area (Å²) >= 11 is 1.57. The van der Waals surface area contributed by atoms with E-state index in [2.05, 4.69) is 39.8 Å². The zero-order valence-corrected chi connectivity index (χ0v) is 8.74. The van der Waals surface area contributed by atoms with Gasteiger partial charge in [0.05, 0.1) is 0 Å². The average Bonchev–Trinajstić information content (AvgIpc) is 2.17. The summed E-state index contributed by atoms with van der Waals surface area (Å²) in [4.78, 5) is 4.17. The summed E-state index contributed by atoms with van der Waals surface area (Å²) in [6, 6.07) is 8.44. The molecule has 1 rings (SSSR count). The van der Waals surface area contributed by atoms with Crippen molar-refractivity contribution in [1.29, 1.82) is 0 Å². The molecule has 0 unspecified atom stereocenters. The molecule has 0 spiro atoms. The van der Waals surface area contributed by atoms with Crippen LogP contribution in [0, 0.1) is 0 Å². The zero-order valence-electron chi connectivity index (χ0n) is 7.92. The van der Waals surface area contributed by atoms with Gasteiger partial charge in [0.1, 0.15) is 0 Å². The van der Waals surface area contributed by atoms with Crippen LogP contribution in [0.25, 0.3) is 0 Å². The van der Waals surface area contributed by atoms with E-state index in [1.165, 1.54) is 10.5 Å². The molecule has 3 N–H and O–H groups in total. The second-order valence-corrected chi connectivity index (χ2v) is 3.51. The maximum absolute atomic E-state index is 3.11. The van der Waals surface area contributed by atoms with Crippen LogP contribution < -0.4 is 15.6 Å². The van der Waals surface area contributed by atoms with Gasteiger partial charge in [-0.2, -0.15) is 4.83 Å². The quantitative estimate of drug-likeness (QED) is 0.488. The molecule has 0 aliphatic carbocycles. The first-order valence-corrected chi connectivity index (χ1v) is 5.00. The summed E-state index contributed by atoms with van der Waals surface area (Å²) in [6.45, 7) is 0.921. The van der Waals surface area contributed by atoms with Gasteiger partial charge in [0.15, 0.2) is 0 Å². The first-order valence-electron chi connectivity index (χ1n) is 4.19. The molecular weight excluding hydrogens is 182 g/mol. The summed E-state index contributed by atoms with van der Waals surface area (Å²) in [6.07, 6.45) is 0. The number of hydrogen-bond donors (Lipinski definition) is 3. The Morgan fingerprint density at radius 1 is 1.15 bits per heavy atom. The molecule has 0 aliphatic rings. The van der Waals surface area contributed by atoms with E-state index in [0.717, 1.165) is 6.54 Å². The van der Waals surface area contributed by atoms with E-state index in [9.17, 15) is 0 Å². The molecule has 13 heavy (non-hydrogen) atoms. The Balaban J connectivity index is 2.48. The molecule has 0 aliphatic heterocycles. The monoisotopic (exact) mass is 197 g/mol. The first-order chi connectivity index (χ1) is 6.36. The molecule has 0 amide bonds. The van der Waals surface area contributed by atoms with Crippen molar-refractivity contribution in [3.63, 3.8) is 0 Å². The molecule has 0 heterocycles. The minimum absolute atomic E-state index is 0.921. The van der Waals surface area contributed by atoms with Gasteiger partial charge in [-0.05, 0) is 43.7 Å². The molecule has 0 aromatic heterocycles. The molecule has 0 radical (unpaired) electrons. The van der Waals surface area contributed by atoms with Gasteiger partial charge >= 0.3 is 0 Å². The number of benzene rings is 1. The third kappa shape index (κ3) is 3.78. The van der Waals surface area contributed by atoms with Gasteiger partial charge in [0.2, 0.25) is 0 Å². The number of rotatable bonds is 5. The topological polar surface area (TPSA) is 36.1 Å². The maximum atomic E-state index is 3.11. The van der Waals surface area contributed by atoms with Crippen LogP contribution in [-0.2, 0) is 6.54 Å². The average molecular weight is 197 g/mol. The molecule has 1 aromatic carbocycles.